The van der Waals surface area contributed by atoms with E-state index in [2.05, 4.69) is 4.72 Å². The highest BCUT2D eigenvalue weighted by Crippen LogP contribution is 2.21. The Labute approximate surface area is 169 Å². The van der Waals surface area contributed by atoms with E-state index < -0.39 is 17.1 Å². The van der Waals surface area contributed by atoms with Crippen LogP contribution in [0.3, 0.4) is 0 Å². The van der Waals surface area contributed by atoms with Crippen molar-refractivity contribution < 1.29 is 13.2 Å². The molecule has 0 aliphatic carbocycles. The second-order valence-electron chi connectivity index (χ2n) is 6.21. The van der Waals surface area contributed by atoms with E-state index in [0.717, 1.165) is 16.7 Å². The average molecular weight is 421 g/mol. The molecule has 3 rings (SSSR count). The van der Waals surface area contributed by atoms with Crippen molar-refractivity contribution >= 4 is 22.9 Å². The van der Waals surface area contributed by atoms with Gasteiger partial charge in [0.25, 0.3) is 5.56 Å². The molecule has 1 heterocycles. The van der Waals surface area contributed by atoms with Crippen molar-refractivity contribution in [1.82, 2.24) is 9.29 Å². The average Bonchev–Trinajstić information content (AvgIpc) is 2.65. The van der Waals surface area contributed by atoms with Crippen LogP contribution in [0.15, 0.2) is 65.6 Å². The fraction of sp³-hybridized carbons (Fsp3) is 0.150. The summed E-state index contributed by atoms with van der Waals surface area (Å²) in [5, 5.41) is 0.304. The molecule has 2 aromatic carbocycles. The minimum absolute atomic E-state index is 0.0988. The van der Waals surface area contributed by atoms with Gasteiger partial charge in [-0.05, 0) is 41.3 Å². The number of nitrogens with one attached hydrogen (secondary N) is 1. The van der Waals surface area contributed by atoms with Crippen LogP contribution in [-0.4, -0.2) is 19.9 Å². The summed E-state index contributed by atoms with van der Waals surface area (Å²) in [6, 6.07) is 15.2. The molecule has 1 unspecified atom stereocenters. The number of benzene rings is 2. The number of hydrogen-bond donors (Lipinski definition) is 2. The van der Waals surface area contributed by atoms with E-state index in [0.29, 0.717) is 23.6 Å². The van der Waals surface area contributed by atoms with Gasteiger partial charge in [-0.1, -0.05) is 41.9 Å². The van der Waals surface area contributed by atoms with Gasteiger partial charge in [-0.2, -0.15) is 0 Å². The Kier molecular flexibility index (Phi) is 6.74. The second-order valence-corrected chi connectivity index (χ2v) is 7.44. The van der Waals surface area contributed by atoms with E-state index in [9.17, 15) is 13.4 Å². The van der Waals surface area contributed by atoms with E-state index in [1.807, 2.05) is 24.3 Å². The lowest BCUT2D eigenvalue weighted by Crippen LogP contribution is -2.19. The van der Waals surface area contributed by atoms with Crippen LogP contribution in [0, 0.1) is 5.82 Å². The van der Waals surface area contributed by atoms with Crippen molar-refractivity contribution in [3.05, 3.63) is 93.1 Å². The predicted molar refractivity (Wildman–Crippen MR) is 109 cm³/mol. The lowest BCUT2D eigenvalue weighted by molar-refractivity contribution is 0.549. The van der Waals surface area contributed by atoms with Crippen molar-refractivity contribution in [1.29, 1.82) is 0 Å². The summed E-state index contributed by atoms with van der Waals surface area (Å²) in [7, 11) is 0. The number of nitrogens with zero attached hydrogens (tertiary/aromatic N) is 1. The molecular weight excluding hydrogens is 403 g/mol. The Bertz CT molecular complexity index is 1070. The van der Waals surface area contributed by atoms with Crippen LogP contribution in [-0.2, 0) is 24.2 Å². The van der Waals surface area contributed by atoms with Crippen molar-refractivity contribution in [2.75, 3.05) is 6.54 Å². The normalized spacial score (nSPS) is 12.1. The zero-order chi connectivity index (χ0) is 20.1. The van der Waals surface area contributed by atoms with Crippen LogP contribution in [0.25, 0.3) is 11.1 Å². The summed E-state index contributed by atoms with van der Waals surface area (Å²) < 4.78 is 37.4. The maximum absolute atomic E-state index is 14.1. The minimum atomic E-state index is -2.04. The zero-order valence-corrected chi connectivity index (χ0v) is 16.3. The number of pyridine rings is 1. The van der Waals surface area contributed by atoms with Gasteiger partial charge in [0.05, 0.1) is 6.54 Å². The van der Waals surface area contributed by atoms with Gasteiger partial charge in [0.2, 0.25) is 11.3 Å². The van der Waals surface area contributed by atoms with Crippen LogP contribution in [0.4, 0.5) is 4.39 Å². The molecule has 0 saturated carbocycles. The third kappa shape index (κ3) is 5.36. The Morgan fingerprint density at radius 1 is 1.11 bits per heavy atom. The summed E-state index contributed by atoms with van der Waals surface area (Å²) in [5.41, 5.74) is 2.84. The lowest BCUT2D eigenvalue weighted by Gasteiger charge is -2.11. The first-order valence-electron chi connectivity index (χ1n) is 8.50. The standard InChI is InChI=1S/C20H18ClFN2O3S/c21-18-6-4-17(19(22)11-18)13-24-12-16(5-7-20(24)25)15-3-1-2-14(10-15)8-9-23-28(26)27/h1-7,10-12,23H,8-9,13H2,(H,26,27). The highest BCUT2D eigenvalue weighted by atomic mass is 35.5. The number of halogens is 2. The molecule has 146 valence electrons. The Morgan fingerprint density at radius 3 is 2.68 bits per heavy atom. The summed E-state index contributed by atoms with van der Waals surface area (Å²) in [6.45, 7) is 0.462. The summed E-state index contributed by atoms with van der Waals surface area (Å²) in [6.07, 6.45) is 2.27. The highest BCUT2D eigenvalue weighted by molar-refractivity contribution is 7.77. The van der Waals surface area contributed by atoms with Crippen LogP contribution >= 0.6 is 11.6 Å². The molecule has 0 aliphatic heterocycles. The maximum Gasteiger partial charge on any atom is 0.250 e. The van der Waals surface area contributed by atoms with Crippen molar-refractivity contribution in [2.24, 2.45) is 0 Å². The first kappa shape index (κ1) is 20.4. The van der Waals surface area contributed by atoms with Gasteiger partial charge < -0.3 is 4.57 Å². The van der Waals surface area contributed by atoms with Gasteiger partial charge >= 0.3 is 0 Å². The summed E-state index contributed by atoms with van der Waals surface area (Å²) in [4.78, 5) is 12.2. The van der Waals surface area contributed by atoms with Gasteiger partial charge in [-0.15, -0.1) is 0 Å². The highest BCUT2D eigenvalue weighted by Gasteiger charge is 2.07. The Hall–Kier alpha value is -2.32. The third-order valence-electron chi connectivity index (χ3n) is 4.24. The molecule has 0 bridgehead atoms. The number of aromatic nitrogens is 1. The Balaban J connectivity index is 1.85. The quantitative estimate of drug-likeness (QED) is 0.573. The molecule has 0 radical (unpaired) electrons. The predicted octanol–water partition coefficient (Wildman–Crippen LogP) is 3.62. The molecule has 28 heavy (non-hydrogen) atoms. The molecule has 2 N–H and O–H groups in total. The first-order valence-corrected chi connectivity index (χ1v) is 9.99. The lowest BCUT2D eigenvalue weighted by atomic mass is 10.0. The van der Waals surface area contributed by atoms with Crippen LogP contribution < -0.4 is 10.3 Å². The summed E-state index contributed by atoms with van der Waals surface area (Å²) >= 11 is 3.74. The van der Waals surface area contributed by atoms with Gasteiger partial charge in [0, 0.05) is 29.4 Å². The third-order valence-corrected chi connectivity index (χ3v) is 4.92. The molecular formula is C20H18ClFN2O3S. The molecule has 5 nitrogen and oxygen atoms in total. The molecule has 0 amide bonds. The largest absolute Gasteiger partial charge is 0.310 e. The van der Waals surface area contributed by atoms with E-state index in [1.165, 1.54) is 16.7 Å². The van der Waals surface area contributed by atoms with E-state index in [4.69, 9.17) is 16.2 Å². The molecule has 8 heteroatoms. The summed E-state index contributed by atoms with van der Waals surface area (Å²) in [5.74, 6) is -0.458. The minimum Gasteiger partial charge on any atom is -0.310 e. The monoisotopic (exact) mass is 420 g/mol. The first-order chi connectivity index (χ1) is 13.4. The van der Waals surface area contributed by atoms with E-state index in [-0.39, 0.29) is 12.1 Å². The van der Waals surface area contributed by atoms with Gasteiger partial charge in [-0.25, -0.2) is 13.3 Å². The van der Waals surface area contributed by atoms with Crippen LogP contribution in [0.2, 0.25) is 5.02 Å². The van der Waals surface area contributed by atoms with Gasteiger partial charge in [0.15, 0.2) is 0 Å². The van der Waals surface area contributed by atoms with Crippen molar-refractivity contribution in [3.8, 4) is 11.1 Å². The van der Waals surface area contributed by atoms with Crippen LogP contribution in [0.1, 0.15) is 11.1 Å². The SMILES string of the molecule is O=c1ccc(-c2cccc(CCNS(=O)O)c2)cn1Cc1ccc(Cl)cc1F. The number of hydrogen-bond acceptors (Lipinski definition) is 2. The fourth-order valence-electron chi connectivity index (χ4n) is 2.85. The zero-order valence-electron chi connectivity index (χ0n) is 14.8. The Morgan fingerprint density at radius 2 is 1.93 bits per heavy atom. The molecule has 0 fully saturated rings. The fourth-order valence-corrected chi connectivity index (χ4v) is 3.28. The van der Waals surface area contributed by atoms with Gasteiger partial charge in [-0.3, -0.25) is 9.35 Å². The van der Waals surface area contributed by atoms with E-state index >= 15 is 0 Å². The molecule has 0 aliphatic rings. The molecule has 0 spiro atoms. The van der Waals surface area contributed by atoms with E-state index in [1.54, 1.807) is 24.4 Å². The smallest absolute Gasteiger partial charge is 0.250 e. The second kappa shape index (κ2) is 9.25. The molecule has 1 atom stereocenters. The molecule has 1 aromatic heterocycles. The molecule has 0 saturated heterocycles. The van der Waals surface area contributed by atoms with Crippen molar-refractivity contribution in [2.45, 2.75) is 13.0 Å². The molecule has 3 aromatic rings. The maximum atomic E-state index is 14.1. The van der Waals surface area contributed by atoms with Crippen LogP contribution in [0.5, 0.6) is 0 Å². The van der Waals surface area contributed by atoms with Gasteiger partial charge in [0.1, 0.15) is 5.82 Å². The topological polar surface area (TPSA) is 71.3 Å². The number of rotatable bonds is 7. The van der Waals surface area contributed by atoms with Crippen molar-refractivity contribution in [3.63, 3.8) is 0 Å².